The number of oxazole rings is 1. The molecule has 10 heteroatoms. The Bertz CT molecular complexity index is 1540. The number of aryl methyl sites for hydroxylation is 1. The highest BCUT2D eigenvalue weighted by molar-refractivity contribution is 5.95. The van der Waals surface area contributed by atoms with E-state index in [0.29, 0.717) is 53.0 Å². The monoisotopic (exact) mass is 581 g/mol. The summed E-state index contributed by atoms with van der Waals surface area (Å²) < 4.78 is 11.3. The maximum absolute atomic E-state index is 12.5. The van der Waals surface area contributed by atoms with Crippen LogP contribution in [0.15, 0.2) is 57.7 Å². The van der Waals surface area contributed by atoms with Gasteiger partial charge < -0.3 is 24.5 Å². The number of hydrogen-bond donors (Lipinski definition) is 2. The molecular formula is C33H39N7O3. The van der Waals surface area contributed by atoms with Gasteiger partial charge in [0, 0.05) is 43.2 Å². The van der Waals surface area contributed by atoms with Gasteiger partial charge in [0.25, 0.3) is 11.9 Å². The van der Waals surface area contributed by atoms with E-state index in [0.717, 1.165) is 49.3 Å². The summed E-state index contributed by atoms with van der Waals surface area (Å²) in [6.45, 7) is 3.87. The average Bonchev–Trinajstić information content (AvgIpc) is 3.54. The summed E-state index contributed by atoms with van der Waals surface area (Å²) in [6, 6.07) is 12.9. The van der Waals surface area contributed by atoms with E-state index in [1.807, 2.05) is 36.5 Å². The number of amides is 1. The van der Waals surface area contributed by atoms with Crippen LogP contribution in [-0.4, -0.2) is 51.2 Å². The Morgan fingerprint density at radius 3 is 2.74 bits per heavy atom. The van der Waals surface area contributed by atoms with E-state index < -0.39 is 0 Å². The van der Waals surface area contributed by atoms with Crippen LogP contribution in [-0.2, 0) is 0 Å². The molecule has 4 aromatic rings. The number of nitrogens with one attached hydrogen (secondary N) is 2. The van der Waals surface area contributed by atoms with Crippen LogP contribution in [0.5, 0.6) is 0 Å². The summed E-state index contributed by atoms with van der Waals surface area (Å²) in [5.74, 6) is 2.92. The summed E-state index contributed by atoms with van der Waals surface area (Å²) in [6.07, 6.45) is 14.3. The lowest BCUT2D eigenvalue weighted by Gasteiger charge is -2.39. The molecule has 0 radical (unpaired) electrons. The number of nitrogens with zero attached hydrogens (tertiary/aromatic N) is 5. The molecule has 43 heavy (non-hydrogen) atoms. The van der Waals surface area contributed by atoms with Crippen molar-refractivity contribution in [3.8, 4) is 22.8 Å². The molecule has 1 aromatic carbocycles. The van der Waals surface area contributed by atoms with Crippen molar-refractivity contribution in [2.75, 3.05) is 23.3 Å². The highest BCUT2D eigenvalue weighted by Crippen LogP contribution is 2.36. The lowest BCUT2D eigenvalue weighted by molar-refractivity contribution is 0.0951. The predicted molar refractivity (Wildman–Crippen MR) is 164 cm³/mol. The van der Waals surface area contributed by atoms with Gasteiger partial charge in [-0.3, -0.25) is 9.78 Å². The van der Waals surface area contributed by atoms with Crippen LogP contribution in [0.1, 0.15) is 74.0 Å². The van der Waals surface area contributed by atoms with Crippen LogP contribution in [0, 0.1) is 18.8 Å². The normalized spacial score (nSPS) is 22.3. The minimum atomic E-state index is -0.0271. The molecule has 0 bridgehead atoms. The Labute approximate surface area is 251 Å². The second kappa shape index (κ2) is 12.2. The lowest BCUT2D eigenvalue weighted by Crippen LogP contribution is -2.39. The predicted octanol–water partition coefficient (Wildman–Crippen LogP) is 6.26. The van der Waals surface area contributed by atoms with Gasteiger partial charge in [0.2, 0.25) is 11.7 Å². The van der Waals surface area contributed by atoms with Gasteiger partial charge in [0.15, 0.2) is 5.76 Å². The third-order valence-corrected chi connectivity index (χ3v) is 9.07. The highest BCUT2D eigenvalue weighted by atomic mass is 16.5. The standard InChI is InChI=1S/C33H39N7O3/c1-21-36-31(39-43-21)29-14-13-27(18-34-29)40-15-5-6-22(20-40)16-23-7-2-3-10-28(23)38-33-35-19-30(42-33)24-8-4-9-25(17-24)32(41)37-26-11-12-26/h4,8-9,13-14,17-19,22-23,26,28H,2-3,5-7,10-12,15-16,20H2,1H3,(H,35,38)(H,37,41)/t22-,23+,28-/m1/s1. The van der Waals surface area contributed by atoms with E-state index in [-0.39, 0.29) is 5.91 Å². The first-order chi connectivity index (χ1) is 21.1. The fourth-order valence-electron chi connectivity index (χ4n) is 6.65. The van der Waals surface area contributed by atoms with Crippen molar-refractivity contribution in [2.45, 2.75) is 76.8 Å². The van der Waals surface area contributed by atoms with Gasteiger partial charge in [-0.25, -0.2) is 4.98 Å². The number of anilines is 2. The fraction of sp³-hybridized carbons (Fsp3) is 0.485. The van der Waals surface area contributed by atoms with Crippen molar-refractivity contribution >= 4 is 17.6 Å². The highest BCUT2D eigenvalue weighted by Gasteiger charge is 2.31. The average molecular weight is 582 g/mol. The van der Waals surface area contributed by atoms with Crippen LogP contribution in [0.25, 0.3) is 22.8 Å². The fourth-order valence-corrected chi connectivity index (χ4v) is 6.65. The molecule has 1 saturated heterocycles. The number of carbonyl (C=O) groups is 1. The van der Waals surface area contributed by atoms with E-state index >= 15 is 0 Å². The zero-order chi connectivity index (χ0) is 29.2. The molecule has 4 heterocycles. The van der Waals surface area contributed by atoms with E-state index in [4.69, 9.17) is 8.94 Å². The zero-order valence-electron chi connectivity index (χ0n) is 24.7. The van der Waals surface area contributed by atoms with E-state index in [1.54, 1.807) is 13.1 Å². The Balaban J connectivity index is 0.972. The molecule has 3 aliphatic rings. The number of piperidine rings is 1. The molecule has 10 nitrogen and oxygen atoms in total. The molecule has 3 atom stereocenters. The number of aromatic nitrogens is 4. The molecule has 0 unspecified atom stereocenters. The molecule has 0 spiro atoms. The lowest BCUT2D eigenvalue weighted by atomic mass is 9.77. The summed E-state index contributed by atoms with van der Waals surface area (Å²) in [5.41, 5.74) is 3.39. The van der Waals surface area contributed by atoms with Crippen LogP contribution in [0.3, 0.4) is 0 Å². The van der Waals surface area contributed by atoms with Crippen molar-refractivity contribution in [2.24, 2.45) is 11.8 Å². The van der Waals surface area contributed by atoms with E-state index in [9.17, 15) is 4.79 Å². The SMILES string of the molecule is Cc1nc(-c2ccc(N3CCC[C@H](C[C@@H]4CCCC[C@H]4Nc4ncc(-c5cccc(C(=O)NC6CC6)c5)o4)C3)cn2)no1. The molecule has 2 saturated carbocycles. The molecular weight excluding hydrogens is 542 g/mol. The van der Waals surface area contributed by atoms with Gasteiger partial charge in [-0.1, -0.05) is 30.1 Å². The molecule has 1 amide bonds. The van der Waals surface area contributed by atoms with Gasteiger partial charge in [-0.2, -0.15) is 4.98 Å². The number of benzene rings is 1. The first-order valence-corrected chi connectivity index (χ1v) is 15.7. The minimum Gasteiger partial charge on any atom is -0.424 e. The quantitative estimate of drug-likeness (QED) is 0.236. The maximum atomic E-state index is 12.5. The molecule has 2 N–H and O–H groups in total. The third kappa shape index (κ3) is 6.58. The minimum absolute atomic E-state index is 0.0271. The molecule has 3 fully saturated rings. The second-order valence-electron chi connectivity index (χ2n) is 12.4. The van der Waals surface area contributed by atoms with Crippen molar-refractivity contribution in [3.63, 3.8) is 0 Å². The summed E-state index contributed by atoms with van der Waals surface area (Å²) in [5, 5.41) is 10.7. The van der Waals surface area contributed by atoms with Crippen molar-refractivity contribution < 1.29 is 13.7 Å². The van der Waals surface area contributed by atoms with Crippen molar-refractivity contribution in [1.29, 1.82) is 0 Å². The van der Waals surface area contributed by atoms with Gasteiger partial charge >= 0.3 is 0 Å². The first-order valence-electron chi connectivity index (χ1n) is 15.7. The van der Waals surface area contributed by atoms with E-state index in [2.05, 4.69) is 41.7 Å². The second-order valence-corrected chi connectivity index (χ2v) is 12.4. The van der Waals surface area contributed by atoms with Crippen molar-refractivity contribution in [1.82, 2.24) is 25.4 Å². The Hall–Kier alpha value is -4.21. The Morgan fingerprint density at radius 2 is 1.93 bits per heavy atom. The van der Waals surface area contributed by atoms with Crippen LogP contribution in [0.2, 0.25) is 0 Å². The number of pyridine rings is 1. The maximum Gasteiger partial charge on any atom is 0.295 e. The summed E-state index contributed by atoms with van der Waals surface area (Å²) in [7, 11) is 0. The zero-order valence-corrected chi connectivity index (χ0v) is 24.7. The van der Waals surface area contributed by atoms with Gasteiger partial charge in [-0.05, 0) is 81.0 Å². The van der Waals surface area contributed by atoms with Gasteiger partial charge in [0.05, 0.1) is 18.1 Å². The number of carbonyl (C=O) groups excluding carboxylic acids is 1. The van der Waals surface area contributed by atoms with Gasteiger partial charge in [-0.15, -0.1) is 0 Å². The number of hydrogen-bond acceptors (Lipinski definition) is 9. The number of rotatable bonds is 9. The van der Waals surface area contributed by atoms with Crippen molar-refractivity contribution in [3.05, 3.63) is 60.2 Å². The largest absolute Gasteiger partial charge is 0.424 e. The smallest absolute Gasteiger partial charge is 0.295 e. The summed E-state index contributed by atoms with van der Waals surface area (Å²) >= 11 is 0. The third-order valence-electron chi connectivity index (χ3n) is 9.07. The van der Waals surface area contributed by atoms with E-state index in [1.165, 1.54) is 38.5 Å². The molecule has 7 rings (SSSR count). The van der Waals surface area contributed by atoms with Crippen LogP contribution in [0.4, 0.5) is 11.7 Å². The first kappa shape index (κ1) is 27.6. The van der Waals surface area contributed by atoms with Crippen LogP contribution >= 0.6 is 0 Å². The topological polar surface area (TPSA) is 122 Å². The molecule has 3 aromatic heterocycles. The summed E-state index contributed by atoms with van der Waals surface area (Å²) in [4.78, 5) is 28.5. The molecule has 224 valence electrons. The van der Waals surface area contributed by atoms with Crippen LogP contribution < -0.4 is 15.5 Å². The Kier molecular flexibility index (Phi) is 7.82. The Morgan fingerprint density at radius 1 is 1.02 bits per heavy atom. The molecule has 2 aliphatic carbocycles. The molecule has 1 aliphatic heterocycles. The van der Waals surface area contributed by atoms with Gasteiger partial charge in [0.1, 0.15) is 5.69 Å².